The van der Waals surface area contributed by atoms with Gasteiger partial charge in [-0.15, -0.1) is 0 Å². The number of hydrogen-bond acceptors (Lipinski definition) is 4. The molecule has 0 saturated heterocycles. The van der Waals surface area contributed by atoms with Crippen molar-refractivity contribution in [3.63, 3.8) is 0 Å². The third-order valence-corrected chi connectivity index (χ3v) is 4.27. The molecule has 1 unspecified atom stereocenters. The van der Waals surface area contributed by atoms with E-state index in [1.165, 1.54) is 0 Å². The number of hydrogen-bond donors (Lipinski definition) is 2. The Bertz CT molecular complexity index is 694. The van der Waals surface area contributed by atoms with Gasteiger partial charge in [0.1, 0.15) is 18.0 Å². The lowest BCUT2D eigenvalue weighted by Crippen LogP contribution is -2.42. The molecule has 1 aliphatic carbocycles. The van der Waals surface area contributed by atoms with Gasteiger partial charge < -0.3 is 19.6 Å². The third-order valence-electron chi connectivity index (χ3n) is 4.27. The molecule has 0 radical (unpaired) electrons. The van der Waals surface area contributed by atoms with E-state index in [0.29, 0.717) is 18.8 Å². The van der Waals surface area contributed by atoms with E-state index in [2.05, 4.69) is 5.32 Å². The maximum absolute atomic E-state index is 12.2. The van der Waals surface area contributed by atoms with Crippen LogP contribution in [0.3, 0.4) is 0 Å². The minimum atomic E-state index is -1.02. The van der Waals surface area contributed by atoms with Crippen LogP contribution in [0.1, 0.15) is 40.3 Å². The highest BCUT2D eigenvalue weighted by Crippen LogP contribution is 2.34. The molecule has 122 valence electrons. The monoisotopic (exact) mass is 315 g/mol. The van der Waals surface area contributed by atoms with Gasteiger partial charge in [-0.25, -0.2) is 0 Å². The Hall–Kier alpha value is -2.11. The minimum Gasteiger partial charge on any atom is -0.453 e. The summed E-state index contributed by atoms with van der Waals surface area (Å²) in [5.74, 6) is 0.493. The van der Waals surface area contributed by atoms with Gasteiger partial charge in [0, 0.05) is 7.11 Å². The van der Waals surface area contributed by atoms with Crippen molar-refractivity contribution >= 4 is 5.91 Å². The van der Waals surface area contributed by atoms with Crippen LogP contribution in [-0.4, -0.2) is 24.7 Å². The molecule has 1 aromatic heterocycles. The summed E-state index contributed by atoms with van der Waals surface area (Å²) in [4.78, 5) is 12.2. The van der Waals surface area contributed by atoms with Crippen LogP contribution in [0.5, 0.6) is 0 Å². The van der Waals surface area contributed by atoms with Gasteiger partial charge in [0.15, 0.2) is 5.76 Å². The van der Waals surface area contributed by atoms with Gasteiger partial charge in [-0.3, -0.25) is 4.79 Å². The van der Waals surface area contributed by atoms with Crippen molar-refractivity contribution in [3.8, 4) is 0 Å². The second-order valence-corrected chi connectivity index (χ2v) is 5.92. The second-order valence-electron chi connectivity index (χ2n) is 5.92. The molecular formula is C18H21NO4. The van der Waals surface area contributed by atoms with Crippen LogP contribution in [-0.2, 0) is 23.4 Å². The van der Waals surface area contributed by atoms with Crippen LogP contribution < -0.4 is 5.32 Å². The number of aryl methyl sites for hydroxylation is 1. The van der Waals surface area contributed by atoms with Crippen molar-refractivity contribution in [2.75, 3.05) is 13.7 Å². The van der Waals surface area contributed by atoms with Gasteiger partial charge in [0.25, 0.3) is 5.91 Å². The molecule has 23 heavy (non-hydrogen) atoms. The number of carbonyl (C=O) groups is 1. The average Bonchev–Trinajstić information content (AvgIpc) is 3.02. The van der Waals surface area contributed by atoms with Crippen molar-refractivity contribution in [2.45, 2.75) is 31.5 Å². The Kier molecular flexibility index (Phi) is 4.50. The average molecular weight is 315 g/mol. The lowest BCUT2D eigenvalue weighted by molar-refractivity contribution is 0.0186. The third kappa shape index (κ3) is 3.30. The summed E-state index contributed by atoms with van der Waals surface area (Å²) in [5, 5.41) is 13.7. The molecule has 1 aromatic carbocycles. The van der Waals surface area contributed by atoms with Crippen molar-refractivity contribution in [1.82, 2.24) is 5.32 Å². The highest BCUT2D eigenvalue weighted by molar-refractivity contribution is 5.91. The molecule has 2 aromatic rings. The molecule has 0 spiro atoms. The highest BCUT2D eigenvalue weighted by Gasteiger charge is 2.34. The summed E-state index contributed by atoms with van der Waals surface area (Å²) in [6, 6.07) is 11.2. The first-order chi connectivity index (χ1) is 11.1. The first-order valence-electron chi connectivity index (χ1n) is 7.79. The zero-order valence-electron chi connectivity index (χ0n) is 13.2. The Balaban J connectivity index is 1.69. The molecule has 1 aliphatic rings. The Morgan fingerprint density at radius 2 is 2.17 bits per heavy atom. The summed E-state index contributed by atoms with van der Waals surface area (Å²) < 4.78 is 10.4. The number of carbonyl (C=O) groups excluding carboxylic acids is 1. The number of benzene rings is 1. The van der Waals surface area contributed by atoms with Crippen LogP contribution in [0.15, 0.2) is 40.8 Å². The molecule has 2 N–H and O–H groups in total. The fourth-order valence-electron chi connectivity index (χ4n) is 3.12. The number of rotatable bonds is 5. The molecule has 3 rings (SSSR count). The van der Waals surface area contributed by atoms with E-state index in [0.717, 1.165) is 24.0 Å². The van der Waals surface area contributed by atoms with Gasteiger partial charge in [-0.2, -0.15) is 0 Å². The molecule has 0 fully saturated rings. The van der Waals surface area contributed by atoms with Crippen LogP contribution in [0.4, 0.5) is 0 Å². The molecule has 1 atom stereocenters. The first-order valence-corrected chi connectivity index (χ1v) is 7.79. The van der Waals surface area contributed by atoms with E-state index in [1.54, 1.807) is 19.2 Å². The topological polar surface area (TPSA) is 71.7 Å². The van der Waals surface area contributed by atoms with Crippen LogP contribution >= 0.6 is 0 Å². The van der Waals surface area contributed by atoms with Gasteiger partial charge >= 0.3 is 0 Å². The van der Waals surface area contributed by atoms with E-state index in [9.17, 15) is 9.90 Å². The van der Waals surface area contributed by atoms with Crippen molar-refractivity contribution in [2.24, 2.45) is 0 Å². The van der Waals surface area contributed by atoms with Crippen molar-refractivity contribution < 1.29 is 19.1 Å². The first kappa shape index (κ1) is 15.8. The fourth-order valence-corrected chi connectivity index (χ4v) is 3.12. The number of furan rings is 1. The SMILES string of the molecule is COCc1ccc(C(=O)NCC2(O)CCCc3ccccc32)o1. The Labute approximate surface area is 135 Å². The van der Waals surface area contributed by atoms with E-state index in [1.807, 2.05) is 24.3 Å². The smallest absolute Gasteiger partial charge is 0.287 e. The summed E-state index contributed by atoms with van der Waals surface area (Å²) in [5.41, 5.74) is 1.04. The highest BCUT2D eigenvalue weighted by atomic mass is 16.5. The van der Waals surface area contributed by atoms with Crippen LogP contribution in [0, 0.1) is 0 Å². The standard InChI is InChI=1S/C18H21NO4/c1-22-11-14-8-9-16(23-14)17(20)19-12-18(21)10-4-6-13-5-2-3-7-15(13)18/h2-3,5,7-9,21H,4,6,10-12H2,1H3,(H,19,20). The number of ether oxygens (including phenoxy) is 1. The van der Waals surface area contributed by atoms with E-state index >= 15 is 0 Å². The molecule has 1 heterocycles. The minimum absolute atomic E-state index is 0.170. The van der Waals surface area contributed by atoms with E-state index < -0.39 is 5.60 Å². The predicted molar refractivity (Wildman–Crippen MR) is 85.0 cm³/mol. The Morgan fingerprint density at radius 1 is 1.35 bits per heavy atom. The summed E-state index contributed by atoms with van der Waals surface area (Å²) in [7, 11) is 1.57. The molecule has 5 heteroatoms. The molecular weight excluding hydrogens is 294 g/mol. The number of nitrogens with one attached hydrogen (secondary N) is 1. The van der Waals surface area contributed by atoms with Crippen molar-refractivity contribution in [3.05, 3.63) is 59.0 Å². The summed E-state index contributed by atoms with van der Waals surface area (Å²) >= 11 is 0. The van der Waals surface area contributed by atoms with Gasteiger partial charge in [0.2, 0.25) is 0 Å². The fraction of sp³-hybridized carbons (Fsp3) is 0.389. The van der Waals surface area contributed by atoms with E-state index in [4.69, 9.17) is 9.15 Å². The number of fused-ring (bicyclic) bond motifs is 1. The van der Waals surface area contributed by atoms with Crippen LogP contribution in [0.2, 0.25) is 0 Å². The summed E-state index contributed by atoms with van der Waals surface area (Å²) in [6.07, 6.45) is 2.50. The maximum Gasteiger partial charge on any atom is 0.287 e. The molecule has 0 aliphatic heterocycles. The molecule has 0 bridgehead atoms. The van der Waals surface area contributed by atoms with Gasteiger partial charge in [0.05, 0.1) is 6.54 Å². The second kappa shape index (κ2) is 6.56. The molecule has 1 amide bonds. The molecule has 0 saturated carbocycles. The maximum atomic E-state index is 12.2. The largest absolute Gasteiger partial charge is 0.453 e. The Morgan fingerprint density at radius 3 is 3.00 bits per heavy atom. The van der Waals surface area contributed by atoms with Gasteiger partial charge in [-0.05, 0) is 42.5 Å². The van der Waals surface area contributed by atoms with E-state index in [-0.39, 0.29) is 18.2 Å². The summed E-state index contributed by atoms with van der Waals surface area (Å²) in [6.45, 7) is 0.494. The normalized spacial score (nSPS) is 20.1. The number of methoxy groups -OCH3 is 1. The van der Waals surface area contributed by atoms with Crippen LogP contribution in [0.25, 0.3) is 0 Å². The number of amides is 1. The lowest BCUT2D eigenvalue weighted by Gasteiger charge is -2.34. The molecule has 5 nitrogen and oxygen atoms in total. The lowest BCUT2D eigenvalue weighted by atomic mass is 9.79. The zero-order chi connectivity index (χ0) is 16.3. The zero-order valence-corrected chi connectivity index (χ0v) is 13.2. The van der Waals surface area contributed by atoms with Crippen molar-refractivity contribution in [1.29, 1.82) is 0 Å². The van der Waals surface area contributed by atoms with Gasteiger partial charge in [-0.1, -0.05) is 24.3 Å². The predicted octanol–water partition coefficient (Wildman–Crippen LogP) is 2.38. The quantitative estimate of drug-likeness (QED) is 0.888. The number of aliphatic hydroxyl groups is 1.